The highest BCUT2D eigenvalue weighted by Crippen LogP contribution is 2.23. The van der Waals surface area contributed by atoms with Gasteiger partial charge in [0.15, 0.2) is 0 Å². The van der Waals surface area contributed by atoms with Crippen molar-refractivity contribution in [3.8, 4) is 0 Å². The van der Waals surface area contributed by atoms with Crippen molar-refractivity contribution >= 4 is 34.5 Å². The first-order valence-corrected chi connectivity index (χ1v) is 5.62. The molecule has 0 aliphatic heterocycles. The molecule has 0 atom stereocenters. The molecule has 0 saturated heterocycles. The zero-order chi connectivity index (χ0) is 11.4. The van der Waals surface area contributed by atoms with Gasteiger partial charge in [-0.25, -0.2) is 0 Å². The lowest BCUT2D eigenvalue weighted by atomic mass is 10.2. The van der Waals surface area contributed by atoms with Gasteiger partial charge in [-0.2, -0.15) is 0 Å². The van der Waals surface area contributed by atoms with Crippen LogP contribution in [0.25, 0.3) is 0 Å². The number of halogens is 1. The summed E-state index contributed by atoms with van der Waals surface area (Å²) in [7, 11) is 0. The molecular weight excluding hydrogens is 228 g/mol. The van der Waals surface area contributed by atoms with Crippen molar-refractivity contribution in [3.63, 3.8) is 0 Å². The normalized spacial score (nSPS) is 10.4. The first-order chi connectivity index (χ1) is 7.00. The summed E-state index contributed by atoms with van der Waals surface area (Å²) in [5, 5.41) is 3.92. The van der Waals surface area contributed by atoms with Gasteiger partial charge in [0.05, 0.1) is 10.7 Å². The molecule has 0 heterocycles. The molecular formula is C11H15ClN2S. The molecule has 0 spiro atoms. The Kier molecular flexibility index (Phi) is 4.36. The summed E-state index contributed by atoms with van der Waals surface area (Å²) in [4.78, 5) is 0.368. The standard InChI is InChI=1S/C11H15ClN2S/c1-7(2)6-14-10-4-3-8(11(13)15)5-9(10)12/h3-5,7,14H,6H2,1-2H3,(H2,13,15). The van der Waals surface area contributed by atoms with Crippen LogP contribution in [-0.2, 0) is 0 Å². The third-order valence-electron chi connectivity index (χ3n) is 1.95. The van der Waals surface area contributed by atoms with Gasteiger partial charge >= 0.3 is 0 Å². The summed E-state index contributed by atoms with van der Waals surface area (Å²) in [6, 6.07) is 5.56. The maximum absolute atomic E-state index is 6.08. The van der Waals surface area contributed by atoms with E-state index in [1.165, 1.54) is 0 Å². The van der Waals surface area contributed by atoms with Crippen LogP contribution in [0, 0.1) is 5.92 Å². The van der Waals surface area contributed by atoms with Crippen LogP contribution >= 0.6 is 23.8 Å². The van der Waals surface area contributed by atoms with E-state index in [2.05, 4.69) is 19.2 Å². The average molecular weight is 243 g/mol. The van der Waals surface area contributed by atoms with Crippen LogP contribution in [0.15, 0.2) is 18.2 Å². The Morgan fingerprint density at radius 2 is 2.20 bits per heavy atom. The number of thiocarbonyl (C=S) groups is 1. The van der Waals surface area contributed by atoms with Crippen LogP contribution < -0.4 is 11.1 Å². The zero-order valence-corrected chi connectivity index (χ0v) is 10.5. The van der Waals surface area contributed by atoms with Gasteiger partial charge in [-0.1, -0.05) is 37.7 Å². The fourth-order valence-corrected chi connectivity index (χ4v) is 1.50. The minimum Gasteiger partial charge on any atom is -0.389 e. The van der Waals surface area contributed by atoms with Crippen molar-refractivity contribution in [2.24, 2.45) is 11.7 Å². The van der Waals surface area contributed by atoms with Gasteiger partial charge in [0, 0.05) is 12.1 Å². The van der Waals surface area contributed by atoms with Crippen LogP contribution in [0.3, 0.4) is 0 Å². The molecule has 4 heteroatoms. The predicted octanol–water partition coefficient (Wildman–Crippen LogP) is 3.04. The number of nitrogens with one attached hydrogen (secondary N) is 1. The Labute approximate surface area is 101 Å². The molecule has 0 fully saturated rings. The molecule has 0 radical (unpaired) electrons. The molecule has 2 nitrogen and oxygen atoms in total. The maximum atomic E-state index is 6.08. The summed E-state index contributed by atoms with van der Waals surface area (Å²) in [5.74, 6) is 0.580. The number of nitrogens with two attached hydrogens (primary N) is 1. The van der Waals surface area contributed by atoms with E-state index in [0.29, 0.717) is 15.9 Å². The van der Waals surface area contributed by atoms with Crippen molar-refractivity contribution < 1.29 is 0 Å². The molecule has 1 aromatic carbocycles. The fraction of sp³-hybridized carbons (Fsp3) is 0.364. The van der Waals surface area contributed by atoms with Gasteiger partial charge in [0.1, 0.15) is 4.99 Å². The molecule has 1 aromatic rings. The second kappa shape index (κ2) is 5.33. The lowest BCUT2D eigenvalue weighted by molar-refractivity contribution is 0.689. The van der Waals surface area contributed by atoms with E-state index in [4.69, 9.17) is 29.6 Å². The lowest BCUT2D eigenvalue weighted by Crippen LogP contribution is -2.11. The van der Waals surface area contributed by atoms with E-state index in [-0.39, 0.29) is 0 Å². The number of anilines is 1. The maximum Gasteiger partial charge on any atom is 0.104 e. The number of hydrogen-bond acceptors (Lipinski definition) is 2. The number of hydrogen-bond donors (Lipinski definition) is 2. The monoisotopic (exact) mass is 242 g/mol. The molecule has 0 amide bonds. The van der Waals surface area contributed by atoms with E-state index >= 15 is 0 Å². The molecule has 0 aliphatic rings. The molecule has 1 rings (SSSR count). The fourth-order valence-electron chi connectivity index (χ4n) is 1.13. The molecule has 0 aliphatic carbocycles. The van der Waals surface area contributed by atoms with E-state index in [9.17, 15) is 0 Å². The highest BCUT2D eigenvalue weighted by atomic mass is 35.5. The zero-order valence-electron chi connectivity index (χ0n) is 8.88. The lowest BCUT2D eigenvalue weighted by Gasteiger charge is -2.11. The third-order valence-corrected chi connectivity index (χ3v) is 2.50. The van der Waals surface area contributed by atoms with Gasteiger partial charge in [-0.3, -0.25) is 0 Å². The average Bonchev–Trinajstić information content (AvgIpc) is 2.15. The van der Waals surface area contributed by atoms with Gasteiger partial charge in [0.25, 0.3) is 0 Å². The quantitative estimate of drug-likeness (QED) is 0.798. The van der Waals surface area contributed by atoms with Crippen molar-refractivity contribution in [2.45, 2.75) is 13.8 Å². The Balaban J connectivity index is 2.79. The Morgan fingerprint density at radius 1 is 1.53 bits per heavy atom. The van der Waals surface area contributed by atoms with Crippen molar-refractivity contribution in [2.75, 3.05) is 11.9 Å². The summed E-state index contributed by atoms with van der Waals surface area (Å²) in [6.07, 6.45) is 0. The van der Waals surface area contributed by atoms with Gasteiger partial charge < -0.3 is 11.1 Å². The van der Waals surface area contributed by atoms with E-state index in [1.54, 1.807) is 6.07 Å². The second-order valence-electron chi connectivity index (χ2n) is 3.83. The number of benzene rings is 1. The van der Waals surface area contributed by atoms with Crippen molar-refractivity contribution in [1.82, 2.24) is 0 Å². The first-order valence-electron chi connectivity index (χ1n) is 4.84. The molecule has 0 aromatic heterocycles. The van der Waals surface area contributed by atoms with Crippen molar-refractivity contribution in [1.29, 1.82) is 0 Å². The molecule has 0 saturated carbocycles. The van der Waals surface area contributed by atoms with Gasteiger partial charge in [-0.05, 0) is 24.1 Å². The van der Waals surface area contributed by atoms with Gasteiger partial charge in [-0.15, -0.1) is 0 Å². The predicted molar refractivity (Wildman–Crippen MR) is 70.7 cm³/mol. The van der Waals surface area contributed by atoms with Crippen molar-refractivity contribution in [3.05, 3.63) is 28.8 Å². The van der Waals surface area contributed by atoms with Gasteiger partial charge in [0.2, 0.25) is 0 Å². The first kappa shape index (κ1) is 12.3. The van der Waals surface area contributed by atoms with Crippen LogP contribution in [0.1, 0.15) is 19.4 Å². The summed E-state index contributed by atoms with van der Waals surface area (Å²) in [6.45, 7) is 5.18. The Hall–Kier alpha value is -0.800. The summed E-state index contributed by atoms with van der Waals surface area (Å²) >= 11 is 10.9. The van der Waals surface area contributed by atoms with E-state index < -0.39 is 0 Å². The van der Waals surface area contributed by atoms with E-state index in [1.807, 2.05) is 12.1 Å². The smallest absolute Gasteiger partial charge is 0.104 e. The Morgan fingerprint density at radius 3 is 2.67 bits per heavy atom. The molecule has 0 unspecified atom stereocenters. The summed E-state index contributed by atoms with van der Waals surface area (Å²) in [5.41, 5.74) is 7.23. The van der Waals surface area contributed by atoms with E-state index in [0.717, 1.165) is 17.8 Å². The van der Waals surface area contributed by atoms with Crippen LogP contribution in [0.2, 0.25) is 5.02 Å². The minimum atomic E-state index is 0.368. The van der Waals surface area contributed by atoms with Crippen LogP contribution in [0.4, 0.5) is 5.69 Å². The largest absolute Gasteiger partial charge is 0.389 e. The number of rotatable bonds is 4. The minimum absolute atomic E-state index is 0.368. The SMILES string of the molecule is CC(C)CNc1ccc(C(N)=S)cc1Cl. The van der Waals surface area contributed by atoms with Crippen LogP contribution in [0.5, 0.6) is 0 Å². The Bertz CT molecular complexity index is 364. The molecule has 3 N–H and O–H groups in total. The topological polar surface area (TPSA) is 38.0 Å². The van der Waals surface area contributed by atoms with Crippen LogP contribution in [-0.4, -0.2) is 11.5 Å². The third kappa shape index (κ3) is 3.68. The molecule has 0 bridgehead atoms. The second-order valence-corrected chi connectivity index (χ2v) is 4.68. The highest BCUT2D eigenvalue weighted by Gasteiger charge is 2.03. The molecule has 15 heavy (non-hydrogen) atoms. The molecule has 82 valence electrons. The summed E-state index contributed by atoms with van der Waals surface area (Å²) < 4.78 is 0. The highest BCUT2D eigenvalue weighted by molar-refractivity contribution is 7.80.